The maximum atomic E-state index is 12.1. The van der Waals surface area contributed by atoms with Gasteiger partial charge < -0.3 is 15.0 Å². The Morgan fingerprint density at radius 2 is 2.29 bits per heavy atom. The second-order valence-corrected chi connectivity index (χ2v) is 5.43. The van der Waals surface area contributed by atoms with Crippen molar-refractivity contribution in [3.8, 4) is 0 Å². The van der Waals surface area contributed by atoms with E-state index in [1.807, 2.05) is 6.07 Å². The Balaban J connectivity index is 2.07. The van der Waals surface area contributed by atoms with Crippen molar-refractivity contribution in [3.05, 3.63) is 35.4 Å². The molecule has 2 N–H and O–H groups in total. The first-order chi connectivity index (χ1) is 10.1. The summed E-state index contributed by atoms with van der Waals surface area (Å²) in [5, 5.41) is 2.84. The van der Waals surface area contributed by atoms with Gasteiger partial charge in [-0.3, -0.25) is 9.59 Å². The van der Waals surface area contributed by atoms with Crippen molar-refractivity contribution in [2.75, 3.05) is 19.7 Å². The summed E-state index contributed by atoms with van der Waals surface area (Å²) in [4.78, 5) is 24.9. The minimum absolute atomic E-state index is 0.0584. The Labute approximate surface area is 125 Å². The van der Waals surface area contributed by atoms with Gasteiger partial charge >= 0.3 is 5.97 Å². The van der Waals surface area contributed by atoms with Crippen LogP contribution in [0.2, 0.25) is 0 Å². The van der Waals surface area contributed by atoms with Gasteiger partial charge in [0.1, 0.15) is 13.0 Å². The van der Waals surface area contributed by atoms with Gasteiger partial charge in [-0.1, -0.05) is 29.8 Å². The van der Waals surface area contributed by atoms with Gasteiger partial charge in [-0.2, -0.15) is 0 Å². The van der Waals surface area contributed by atoms with Crippen LogP contribution in [0.4, 0.5) is 0 Å². The fourth-order valence-corrected chi connectivity index (χ4v) is 2.75. The van der Waals surface area contributed by atoms with E-state index in [9.17, 15) is 9.59 Å². The van der Waals surface area contributed by atoms with E-state index in [2.05, 4.69) is 30.4 Å². The molecular formula is C16H23N2O3+. The maximum Gasteiger partial charge on any atom is 0.312 e. The summed E-state index contributed by atoms with van der Waals surface area (Å²) in [6.45, 7) is 6.40. The summed E-state index contributed by atoms with van der Waals surface area (Å²) in [5.41, 5.74) is 2.39. The van der Waals surface area contributed by atoms with Crippen LogP contribution in [0, 0.1) is 6.92 Å². The highest BCUT2D eigenvalue weighted by Gasteiger charge is 2.35. The van der Waals surface area contributed by atoms with Crippen LogP contribution in [0.3, 0.4) is 0 Å². The van der Waals surface area contributed by atoms with Crippen LogP contribution < -0.4 is 10.2 Å². The lowest BCUT2D eigenvalue weighted by atomic mass is 10.1. The molecule has 1 amide bonds. The lowest BCUT2D eigenvalue weighted by molar-refractivity contribution is -0.930. The molecule has 1 heterocycles. The highest BCUT2D eigenvalue weighted by atomic mass is 16.5. The molecule has 1 aliphatic rings. The number of aryl methyl sites for hydroxylation is 1. The Morgan fingerprint density at radius 3 is 3.00 bits per heavy atom. The summed E-state index contributed by atoms with van der Waals surface area (Å²) in [6, 6.07) is 7.90. The molecule has 1 fully saturated rings. The molecule has 0 spiro atoms. The largest absolute Gasteiger partial charge is 0.466 e. The number of quaternary nitrogens is 1. The predicted molar refractivity (Wildman–Crippen MR) is 78.8 cm³/mol. The standard InChI is InChI=1S/C16H22N2O3/c1-3-21-15(19)10-14-16(20)17-7-8-18(14)11-13-6-4-5-12(2)9-13/h4-6,9,14H,3,7-8,10-11H2,1-2H3,(H,17,20)/p+1/t14-/m1/s1. The lowest BCUT2D eigenvalue weighted by Crippen LogP contribution is -3.18. The van der Waals surface area contributed by atoms with Crippen LogP contribution in [-0.2, 0) is 20.9 Å². The second kappa shape index (κ2) is 7.22. The van der Waals surface area contributed by atoms with Crippen LogP contribution >= 0.6 is 0 Å². The molecular weight excluding hydrogens is 268 g/mol. The van der Waals surface area contributed by atoms with Crippen LogP contribution in [0.15, 0.2) is 24.3 Å². The number of rotatable bonds is 5. The highest BCUT2D eigenvalue weighted by molar-refractivity contribution is 5.85. The van der Waals surface area contributed by atoms with Gasteiger partial charge in [-0.05, 0) is 13.8 Å². The van der Waals surface area contributed by atoms with Gasteiger partial charge in [-0.15, -0.1) is 0 Å². The van der Waals surface area contributed by atoms with E-state index in [1.165, 1.54) is 11.1 Å². The fraction of sp³-hybridized carbons (Fsp3) is 0.500. The Kier molecular flexibility index (Phi) is 5.33. The molecule has 0 bridgehead atoms. The first-order valence-corrected chi connectivity index (χ1v) is 7.43. The van der Waals surface area contributed by atoms with E-state index in [1.54, 1.807) is 6.92 Å². The molecule has 1 unspecified atom stereocenters. The normalized spacial score (nSPS) is 21.7. The van der Waals surface area contributed by atoms with Crippen molar-refractivity contribution in [2.24, 2.45) is 0 Å². The highest BCUT2D eigenvalue weighted by Crippen LogP contribution is 2.03. The summed E-state index contributed by atoms with van der Waals surface area (Å²) >= 11 is 0. The number of esters is 1. The van der Waals surface area contributed by atoms with Crippen molar-refractivity contribution >= 4 is 11.9 Å². The van der Waals surface area contributed by atoms with E-state index < -0.39 is 0 Å². The third-order valence-electron chi connectivity index (χ3n) is 3.74. The zero-order chi connectivity index (χ0) is 15.2. The Hall–Kier alpha value is -1.88. The monoisotopic (exact) mass is 291 g/mol. The summed E-state index contributed by atoms with van der Waals surface area (Å²) in [7, 11) is 0. The molecule has 0 aliphatic carbocycles. The number of benzene rings is 1. The third-order valence-corrected chi connectivity index (χ3v) is 3.74. The topological polar surface area (TPSA) is 59.8 Å². The van der Waals surface area contributed by atoms with E-state index in [0.29, 0.717) is 13.2 Å². The number of ether oxygens (including phenoxy) is 1. The molecule has 0 radical (unpaired) electrons. The van der Waals surface area contributed by atoms with E-state index in [4.69, 9.17) is 4.74 Å². The van der Waals surface area contributed by atoms with E-state index in [-0.39, 0.29) is 24.3 Å². The second-order valence-electron chi connectivity index (χ2n) is 5.43. The number of piperazine rings is 1. The van der Waals surface area contributed by atoms with Crippen molar-refractivity contribution < 1.29 is 19.2 Å². The van der Waals surface area contributed by atoms with Gasteiger partial charge in [0.25, 0.3) is 5.91 Å². The van der Waals surface area contributed by atoms with Crippen LogP contribution in [0.1, 0.15) is 24.5 Å². The molecule has 0 aromatic heterocycles. The molecule has 1 saturated heterocycles. The van der Waals surface area contributed by atoms with Gasteiger partial charge in [-0.25, -0.2) is 0 Å². The van der Waals surface area contributed by atoms with E-state index in [0.717, 1.165) is 18.0 Å². The number of hydrogen-bond donors (Lipinski definition) is 2. The lowest BCUT2D eigenvalue weighted by Gasteiger charge is -2.31. The van der Waals surface area contributed by atoms with Crippen LogP contribution in [0.25, 0.3) is 0 Å². The molecule has 5 heteroatoms. The minimum atomic E-state index is -0.363. The number of hydrogen-bond acceptors (Lipinski definition) is 3. The summed E-state index contributed by atoms with van der Waals surface area (Å²) in [6.07, 6.45) is 0.140. The number of nitrogens with one attached hydrogen (secondary N) is 2. The summed E-state index contributed by atoms with van der Waals surface area (Å²) in [5.74, 6) is -0.363. The zero-order valence-corrected chi connectivity index (χ0v) is 12.6. The van der Waals surface area contributed by atoms with Crippen molar-refractivity contribution in [3.63, 3.8) is 0 Å². The molecule has 21 heavy (non-hydrogen) atoms. The minimum Gasteiger partial charge on any atom is -0.466 e. The first kappa shape index (κ1) is 15.5. The van der Waals surface area contributed by atoms with E-state index >= 15 is 0 Å². The average Bonchev–Trinajstić information content (AvgIpc) is 2.43. The van der Waals surface area contributed by atoms with Gasteiger partial charge in [0, 0.05) is 5.56 Å². The maximum absolute atomic E-state index is 12.1. The van der Waals surface area contributed by atoms with Crippen molar-refractivity contribution in [1.29, 1.82) is 0 Å². The average molecular weight is 291 g/mol. The first-order valence-electron chi connectivity index (χ1n) is 7.43. The van der Waals surface area contributed by atoms with Gasteiger partial charge in [0.05, 0.1) is 19.7 Å². The predicted octanol–water partition coefficient (Wildman–Crippen LogP) is -0.168. The van der Waals surface area contributed by atoms with Gasteiger partial charge in [0.15, 0.2) is 6.04 Å². The Morgan fingerprint density at radius 1 is 1.48 bits per heavy atom. The molecule has 2 rings (SSSR count). The molecule has 1 aromatic rings. The summed E-state index contributed by atoms with van der Waals surface area (Å²) < 4.78 is 4.98. The van der Waals surface area contributed by atoms with Crippen molar-refractivity contribution in [2.45, 2.75) is 32.9 Å². The number of amides is 1. The fourth-order valence-electron chi connectivity index (χ4n) is 2.75. The van der Waals surface area contributed by atoms with Crippen LogP contribution in [-0.4, -0.2) is 37.6 Å². The quantitative estimate of drug-likeness (QED) is 0.741. The third kappa shape index (κ3) is 4.29. The molecule has 0 saturated carbocycles. The Bertz CT molecular complexity index is 516. The molecule has 1 aliphatic heterocycles. The van der Waals surface area contributed by atoms with Crippen LogP contribution in [0.5, 0.6) is 0 Å². The number of carbonyl (C=O) groups is 2. The molecule has 5 nitrogen and oxygen atoms in total. The molecule has 2 atom stereocenters. The molecule has 114 valence electrons. The van der Waals surface area contributed by atoms with Gasteiger partial charge in [0.2, 0.25) is 0 Å². The SMILES string of the molecule is CCOC(=O)C[C@@H]1C(=O)NCC[NH+]1Cc1cccc(C)c1. The zero-order valence-electron chi connectivity index (χ0n) is 12.6. The molecule has 1 aromatic carbocycles. The van der Waals surface area contributed by atoms with Crippen molar-refractivity contribution in [1.82, 2.24) is 5.32 Å². The number of carbonyl (C=O) groups excluding carboxylic acids is 2. The smallest absolute Gasteiger partial charge is 0.312 e.